The van der Waals surface area contributed by atoms with E-state index in [1.807, 2.05) is 0 Å². The maximum atomic E-state index is 13.6. The summed E-state index contributed by atoms with van der Waals surface area (Å²) >= 11 is 5.82. The first-order valence-corrected chi connectivity index (χ1v) is 6.36. The lowest BCUT2D eigenvalue weighted by atomic mass is 10.2. The average Bonchev–Trinajstić information content (AvgIpc) is 2.90. The highest BCUT2D eigenvalue weighted by Crippen LogP contribution is 2.15. The molecule has 100 valence electrons. The molecule has 0 bridgehead atoms. The van der Waals surface area contributed by atoms with Crippen molar-refractivity contribution in [1.29, 1.82) is 0 Å². The Morgan fingerprint density at radius 3 is 2.80 bits per heavy atom. The molecular weight excluding hydrogens is 279 g/mol. The van der Waals surface area contributed by atoms with Crippen molar-refractivity contribution in [2.24, 2.45) is 0 Å². The van der Waals surface area contributed by atoms with Gasteiger partial charge in [0.05, 0.1) is 6.54 Å². The zero-order valence-corrected chi connectivity index (χ0v) is 11.1. The van der Waals surface area contributed by atoms with Crippen LogP contribution in [0.15, 0.2) is 48.8 Å². The third-order valence-electron chi connectivity index (χ3n) is 2.78. The highest BCUT2D eigenvalue weighted by molar-refractivity contribution is 6.29. The summed E-state index contributed by atoms with van der Waals surface area (Å²) in [5.41, 5.74) is 1.18. The molecular formula is C14H10ClFN4. The summed E-state index contributed by atoms with van der Waals surface area (Å²) in [5.74, 6) is 0.202. The van der Waals surface area contributed by atoms with Crippen LogP contribution in [-0.4, -0.2) is 19.7 Å². The molecule has 0 fully saturated rings. The predicted molar refractivity (Wildman–Crippen MR) is 73.8 cm³/mol. The van der Waals surface area contributed by atoms with Gasteiger partial charge in [-0.2, -0.15) is 5.10 Å². The number of nitrogens with zero attached hydrogens (tertiary/aromatic N) is 4. The fourth-order valence-electron chi connectivity index (χ4n) is 1.83. The van der Waals surface area contributed by atoms with Crippen LogP contribution in [0.3, 0.4) is 0 Å². The first-order valence-electron chi connectivity index (χ1n) is 5.98. The molecule has 1 aromatic carbocycles. The van der Waals surface area contributed by atoms with Crippen LogP contribution in [0.4, 0.5) is 4.39 Å². The summed E-state index contributed by atoms with van der Waals surface area (Å²) in [7, 11) is 0. The molecule has 20 heavy (non-hydrogen) atoms. The third kappa shape index (κ3) is 2.67. The number of benzene rings is 1. The summed E-state index contributed by atoms with van der Waals surface area (Å²) in [6.07, 6.45) is 3.33. The molecule has 0 N–H and O–H groups in total. The minimum atomic E-state index is -0.247. The highest BCUT2D eigenvalue weighted by Gasteiger charge is 2.07. The van der Waals surface area contributed by atoms with E-state index >= 15 is 0 Å². The largest absolute Gasteiger partial charge is 0.267 e. The van der Waals surface area contributed by atoms with E-state index in [9.17, 15) is 4.39 Å². The van der Waals surface area contributed by atoms with Crippen LogP contribution in [0.1, 0.15) is 5.56 Å². The summed E-state index contributed by atoms with van der Waals surface area (Å²) in [4.78, 5) is 8.19. The number of hydrogen-bond acceptors (Lipinski definition) is 3. The molecule has 0 aliphatic carbocycles. The first-order chi connectivity index (χ1) is 9.72. The second-order valence-corrected chi connectivity index (χ2v) is 4.58. The topological polar surface area (TPSA) is 43.6 Å². The lowest BCUT2D eigenvalue weighted by Crippen LogP contribution is -2.02. The van der Waals surface area contributed by atoms with Gasteiger partial charge in [0.2, 0.25) is 0 Å². The minimum absolute atomic E-state index is 0.247. The van der Waals surface area contributed by atoms with Crippen LogP contribution >= 0.6 is 11.6 Å². The molecule has 0 aliphatic rings. The van der Waals surface area contributed by atoms with Crippen LogP contribution in [0.2, 0.25) is 5.15 Å². The Morgan fingerprint density at radius 2 is 2.00 bits per heavy atom. The van der Waals surface area contributed by atoms with Crippen LogP contribution in [-0.2, 0) is 6.54 Å². The van der Waals surface area contributed by atoms with Gasteiger partial charge in [0.1, 0.15) is 16.7 Å². The average molecular weight is 289 g/mol. The lowest BCUT2D eigenvalue weighted by molar-refractivity contribution is 0.585. The Labute approximate surface area is 119 Å². The van der Waals surface area contributed by atoms with Crippen LogP contribution in [0, 0.1) is 5.82 Å². The summed E-state index contributed by atoms with van der Waals surface area (Å²) in [5, 5.41) is 4.68. The number of aromatic nitrogens is 4. The summed E-state index contributed by atoms with van der Waals surface area (Å²) in [6.45, 7) is 0.354. The molecule has 3 rings (SSSR count). The molecule has 0 saturated heterocycles. The van der Waals surface area contributed by atoms with Gasteiger partial charge in [-0.3, -0.25) is 4.68 Å². The second-order valence-electron chi connectivity index (χ2n) is 4.19. The molecule has 0 amide bonds. The van der Waals surface area contributed by atoms with Gasteiger partial charge in [0, 0.05) is 18.0 Å². The van der Waals surface area contributed by atoms with E-state index in [0.717, 1.165) is 0 Å². The van der Waals surface area contributed by atoms with Crippen LogP contribution in [0.25, 0.3) is 11.5 Å². The van der Waals surface area contributed by atoms with E-state index in [1.54, 1.807) is 47.4 Å². The van der Waals surface area contributed by atoms with Crippen LogP contribution in [0.5, 0.6) is 0 Å². The molecule has 0 spiro atoms. The van der Waals surface area contributed by atoms with E-state index in [0.29, 0.717) is 28.8 Å². The van der Waals surface area contributed by atoms with Crippen molar-refractivity contribution >= 4 is 11.6 Å². The maximum Gasteiger partial charge on any atom is 0.181 e. The SMILES string of the molecule is Fc1ccccc1Cn1ccc(-c2nccc(Cl)n2)n1. The van der Waals surface area contributed by atoms with Gasteiger partial charge in [-0.1, -0.05) is 29.8 Å². The number of halogens is 2. The van der Waals surface area contributed by atoms with E-state index < -0.39 is 0 Å². The Kier molecular flexibility index (Phi) is 3.43. The third-order valence-corrected chi connectivity index (χ3v) is 2.99. The molecule has 0 aliphatic heterocycles. The molecule has 6 heteroatoms. The second kappa shape index (κ2) is 5.38. The molecule has 4 nitrogen and oxygen atoms in total. The molecule has 2 heterocycles. The van der Waals surface area contributed by atoms with E-state index in [4.69, 9.17) is 11.6 Å². The summed E-state index contributed by atoms with van der Waals surface area (Å²) in [6, 6.07) is 9.98. The van der Waals surface area contributed by atoms with Crippen molar-refractivity contribution in [3.05, 3.63) is 65.3 Å². The highest BCUT2D eigenvalue weighted by atomic mass is 35.5. The van der Waals surface area contributed by atoms with E-state index in [-0.39, 0.29) is 5.82 Å². The smallest absolute Gasteiger partial charge is 0.181 e. The van der Waals surface area contributed by atoms with Crippen molar-refractivity contribution in [2.45, 2.75) is 6.54 Å². The molecule has 2 aromatic heterocycles. The standard InChI is InChI=1S/C14H10ClFN4/c15-13-5-7-17-14(18-13)12-6-8-20(19-12)9-10-3-1-2-4-11(10)16/h1-8H,9H2. The van der Waals surface area contributed by atoms with Gasteiger partial charge in [-0.15, -0.1) is 0 Å². The van der Waals surface area contributed by atoms with Gasteiger partial charge in [-0.05, 0) is 18.2 Å². The lowest BCUT2D eigenvalue weighted by Gasteiger charge is -2.03. The normalized spacial score (nSPS) is 10.7. The predicted octanol–water partition coefficient (Wildman–Crippen LogP) is 3.18. The van der Waals surface area contributed by atoms with Crippen molar-refractivity contribution < 1.29 is 4.39 Å². The van der Waals surface area contributed by atoms with Gasteiger partial charge >= 0.3 is 0 Å². The monoisotopic (exact) mass is 288 g/mol. The Bertz CT molecular complexity index is 741. The Hall–Kier alpha value is -2.27. The van der Waals surface area contributed by atoms with E-state index in [1.165, 1.54) is 6.07 Å². The molecule has 0 unspecified atom stereocenters. The molecule has 0 saturated carbocycles. The first kappa shape index (κ1) is 12.7. The minimum Gasteiger partial charge on any atom is -0.267 e. The van der Waals surface area contributed by atoms with Gasteiger partial charge in [0.15, 0.2) is 5.82 Å². The van der Waals surface area contributed by atoms with Crippen LogP contribution < -0.4 is 0 Å². The maximum absolute atomic E-state index is 13.6. The van der Waals surface area contributed by atoms with Crippen molar-refractivity contribution in [3.63, 3.8) is 0 Å². The van der Waals surface area contributed by atoms with E-state index in [2.05, 4.69) is 15.1 Å². The Morgan fingerprint density at radius 1 is 1.15 bits per heavy atom. The van der Waals surface area contributed by atoms with Crippen molar-refractivity contribution in [1.82, 2.24) is 19.7 Å². The molecule has 0 radical (unpaired) electrons. The zero-order valence-electron chi connectivity index (χ0n) is 10.4. The van der Waals surface area contributed by atoms with Gasteiger partial charge in [0.25, 0.3) is 0 Å². The fraction of sp³-hybridized carbons (Fsp3) is 0.0714. The number of rotatable bonds is 3. The van der Waals surface area contributed by atoms with Crippen molar-refractivity contribution in [2.75, 3.05) is 0 Å². The Balaban J connectivity index is 1.86. The molecule has 3 aromatic rings. The molecule has 0 atom stereocenters. The van der Waals surface area contributed by atoms with Gasteiger partial charge < -0.3 is 0 Å². The number of hydrogen-bond donors (Lipinski definition) is 0. The van der Waals surface area contributed by atoms with Gasteiger partial charge in [-0.25, -0.2) is 14.4 Å². The van der Waals surface area contributed by atoms with Crippen molar-refractivity contribution in [3.8, 4) is 11.5 Å². The summed E-state index contributed by atoms with van der Waals surface area (Å²) < 4.78 is 15.2. The zero-order chi connectivity index (χ0) is 13.9. The quantitative estimate of drug-likeness (QED) is 0.695. The fourth-order valence-corrected chi connectivity index (χ4v) is 1.97.